The van der Waals surface area contributed by atoms with Crippen molar-refractivity contribution in [2.75, 3.05) is 27.2 Å². The maximum Gasteiger partial charge on any atom is 0.328 e. The van der Waals surface area contributed by atoms with Crippen molar-refractivity contribution in [1.29, 1.82) is 5.26 Å². The zero-order valence-corrected chi connectivity index (χ0v) is 23.0. The van der Waals surface area contributed by atoms with Gasteiger partial charge in [-0.05, 0) is 30.4 Å². The first-order valence-electron chi connectivity index (χ1n) is 12.4. The monoisotopic (exact) mass is 538 g/mol. The summed E-state index contributed by atoms with van der Waals surface area (Å²) in [6.45, 7) is 5.22. The van der Waals surface area contributed by atoms with Crippen LogP contribution in [0.25, 0.3) is 0 Å². The maximum atomic E-state index is 13.5. The van der Waals surface area contributed by atoms with Crippen molar-refractivity contribution in [3.63, 3.8) is 0 Å². The smallest absolute Gasteiger partial charge is 0.328 e. The van der Waals surface area contributed by atoms with E-state index < -0.39 is 17.9 Å². The predicted octanol–water partition coefficient (Wildman–Crippen LogP) is 2.90. The van der Waals surface area contributed by atoms with Crippen LogP contribution in [0.5, 0.6) is 0 Å². The van der Waals surface area contributed by atoms with E-state index in [1.54, 1.807) is 50.8 Å². The molecule has 0 bridgehead atoms. The van der Waals surface area contributed by atoms with Gasteiger partial charge in [-0.25, -0.2) is 9.79 Å². The molecule has 1 aromatic carbocycles. The number of benzene rings is 1. The minimum Gasteiger partial charge on any atom is -0.467 e. The molecule has 0 aliphatic carbocycles. The first kappa shape index (κ1) is 28.8. The lowest BCUT2D eigenvalue weighted by Gasteiger charge is -2.28. The fraction of sp³-hybridized carbons (Fsp3) is 0.444. The summed E-state index contributed by atoms with van der Waals surface area (Å²) < 4.78 is 4.85. The second kappa shape index (κ2) is 13.2. The Hall–Kier alpha value is -3.75. The van der Waals surface area contributed by atoms with E-state index in [1.165, 1.54) is 12.0 Å². The number of likely N-dealkylation sites (tertiary alicyclic amines) is 1. The minimum atomic E-state index is -0.853. The third kappa shape index (κ3) is 6.96. The van der Waals surface area contributed by atoms with Crippen molar-refractivity contribution in [3.05, 3.63) is 51.2 Å². The molecule has 2 atom stereocenters. The Morgan fingerprint density at radius 2 is 2.11 bits per heavy atom. The van der Waals surface area contributed by atoms with Crippen LogP contribution in [0.2, 0.25) is 0 Å². The highest BCUT2D eigenvalue weighted by Crippen LogP contribution is 2.33. The number of carbonyl (C=O) groups is 3. The van der Waals surface area contributed by atoms with Crippen LogP contribution >= 0.6 is 11.3 Å². The molecule has 0 radical (unpaired) electrons. The third-order valence-electron chi connectivity index (χ3n) is 6.34. The zero-order valence-electron chi connectivity index (χ0n) is 22.1. The van der Waals surface area contributed by atoms with Crippen molar-refractivity contribution < 1.29 is 19.1 Å². The van der Waals surface area contributed by atoms with Gasteiger partial charge in [-0.3, -0.25) is 9.59 Å². The number of piperidine rings is 1. The van der Waals surface area contributed by atoms with Gasteiger partial charge < -0.3 is 25.6 Å². The molecule has 11 heteroatoms. The Balaban J connectivity index is 1.94. The number of aliphatic imine (C=N–C) groups is 1. The molecule has 1 aliphatic heterocycles. The number of nitrogens with two attached hydrogens (primary N) is 1. The van der Waals surface area contributed by atoms with E-state index in [0.29, 0.717) is 17.7 Å². The molecule has 3 rings (SSSR count). The van der Waals surface area contributed by atoms with Gasteiger partial charge in [-0.15, -0.1) is 11.3 Å². The first-order chi connectivity index (χ1) is 18.2. The number of ether oxygens (including phenoxy) is 1. The predicted molar refractivity (Wildman–Crippen MR) is 146 cm³/mol. The summed E-state index contributed by atoms with van der Waals surface area (Å²) in [6.07, 6.45) is 3.48. The van der Waals surface area contributed by atoms with E-state index in [0.717, 1.165) is 30.7 Å². The highest BCUT2D eigenvalue weighted by Gasteiger charge is 2.29. The van der Waals surface area contributed by atoms with Gasteiger partial charge in [0.1, 0.15) is 16.6 Å². The minimum absolute atomic E-state index is 0.0275. The lowest BCUT2D eigenvalue weighted by molar-refractivity contribution is -0.144. The summed E-state index contributed by atoms with van der Waals surface area (Å²) in [6, 6.07) is 8.40. The number of esters is 1. The molecule has 0 saturated carbocycles. The summed E-state index contributed by atoms with van der Waals surface area (Å²) >= 11 is 1.11. The molecule has 2 amide bonds. The van der Waals surface area contributed by atoms with Crippen LogP contribution in [-0.2, 0) is 16.1 Å². The van der Waals surface area contributed by atoms with E-state index in [4.69, 9.17) is 10.5 Å². The van der Waals surface area contributed by atoms with Crippen LogP contribution in [-0.4, -0.2) is 73.3 Å². The van der Waals surface area contributed by atoms with Crippen LogP contribution in [0.3, 0.4) is 0 Å². The second-order valence-electron chi connectivity index (χ2n) is 9.62. The van der Waals surface area contributed by atoms with Crippen LogP contribution in [0.15, 0.2) is 34.6 Å². The third-order valence-corrected chi connectivity index (χ3v) is 7.30. The van der Waals surface area contributed by atoms with E-state index in [1.807, 2.05) is 11.0 Å². The number of rotatable bonds is 9. The molecular formula is C27H34N6O4S. The Bertz CT molecular complexity index is 1230. The number of hydrogen-bond donors (Lipinski definition) is 2. The maximum absolute atomic E-state index is 13.5. The highest BCUT2D eigenvalue weighted by molar-refractivity contribution is 7.13. The van der Waals surface area contributed by atoms with Gasteiger partial charge in [0.2, 0.25) is 0 Å². The van der Waals surface area contributed by atoms with E-state index >= 15 is 0 Å². The van der Waals surface area contributed by atoms with Crippen molar-refractivity contribution >= 4 is 41.1 Å². The largest absolute Gasteiger partial charge is 0.467 e. The number of carbonyl (C=O) groups excluding carboxylic acids is 3. The number of nitriles is 1. The number of methoxy groups -OCH3 is 1. The van der Waals surface area contributed by atoms with Gasteiger partial charge in [0.15, 0.2) is 0 Å². The Labute approximate surface area is 227 Å². The standard InChI is InChI=1S/C27H34N6O4S/c1-17(2)22(27(36)37-4)31-25(34)21-15-38-24(23(21)30-16-33-11-7-10-20(29)14-33)26(35)32(3)13-19-9-6-5-8-18(19)12-28/h5-6,8-9,15-17,20,22H,7,10-11,13-14,29H2,1-4H3,(H,31,34)/t20-,22?/m1/s1. The molecule has 10 nitrogen and oxygen atoms in total. The molecule has 1 unspecified atom stereocenters. The highest BCUT2D eigenvalue weighted by atomic mass is 32.1. The molecule has 0 spiro atoms. The summed E-state index contributed by atoms with van der Waals surface area (Å²) in [7, 11) is 2.91. The Kier molecular flexibility index (Phi) is 9.98. The van der Waals surface area contributed by atoms with Crippen LogP contribution < -0.4 is 11.1 Å². The molecule has 202 valence electrons. The zero-order chi connectivity index (χ0) is 27.8. The molecule has 38 heavy (non-hydrogen) atoms. The van der Waals surface area contributed by atoms with Crippen molar-refractivity contribution in [2.45, 2.75) is 45.3 Å². The molecule has 1 fully saturated rings. The molecule has 1 saturated heterocycles. The Morgan fingerprint density at radius 1 is 1.37 bits per heavy atom. The summed E-state index contributed by atoms with van der Waals surface area (Å²) in [5, 5.41) is 13.7. The topological polar surface area (TPSA) is 141 Å². The fourth-order valence-corrected chi connectivity index (χ4v) is 5.17. The van der Waals surface area contributed by atoms with Crippen LogP contribution in [0.1, 0.15) is 57.8 Å². The van der Waals surface area contributed by atoms with Crippen molar-refractivity contribution in [2.24, 2.45) is 16.6 Å². The number of thiophene rings is 1. The van der Waals surface area contributed by atoms with Gasteiger partial charge in [0.05, 0.1) is 30.6 Å². The van der Waals surface area contributed by atoms with Crippen LogP contribution in [0, 0.1) is 17.2 Å². The first-order valence-corrected chi connectivity index (χ1v) is 13.3. The molecular weight excluding hydrogens is 504 g/mol. The molecule has 1 aromatic heterocycles. The van der Waals surface area contributed by atoms with Gasteiger partial charge in [-0.2, -0.15) is 5.26 Å². The van der Waals surface area contributed by atoms with Gasteiger partial charge in [0, 0.05) is 38.1 Å². The van der Waals surface area contributed by atoms with E-state index in [-0.39, 0.29) is 40.5 Å². The summed E-state index contributed by atoms with van der Waals surface area (Å²) in [5.74, 6) is -1.62. The molecule has 1 aliphatic rings. The summed E-state index contributed by atoms with van der Waals surface area (Å²) in [5.41, 5.74) is 7.72. The average molecular weight is 539 g/mol. The fourth-order valence-electron chi connectivity index (χ4n) is 4.19. The SMILES string of the molecule is COC(=O)C(NC(=O)c1csc(C(=O)N(C)Cc2ccccc2C#N)c1N=CN1CCC[C@@H](N)C1)C(C)C. The Morgan fingerprint density at radius 3 is 2.76 bits per heavy atom. The normalized spacial score (nSPS) is 16.2. The van der Waals surface area contributed by atoms with E-state index in [2.05, 4.69) is 16.4 Å². The van der Waals surface area contributed by atoms with E-state index in [9.17, 15) is 19.6 Å². The molecule has 2 aromatic rings. The number of amides is 2. The molecule has 3 N–H and O–H groups in total. The lowest BCUT2D eigenvalue weighted by Crippen LogP contribution is -2.45. The lowest BCUT2D eigenvalue weighted by atomic mass is 10.0. The van der Waals surface area contributed by atoms with Crippen molar-refractivity contribution in [1.82, 2.24) is 15.1 Å². The summed E-state index contributed by atoms with van der Waals surface area (Å²) in [4.78, 5) is 47.4. The molecule has 2 heterocycles. The van der Waals surface area contributed by atoms with Gasteiger partial charge in [-0.1, -0.05) is 32.0 Å². The van der Waals surface area contributed by atoms with Crippen LogP contribution in [0.4, 0.5) is 5.69 Å². The number of hydrogen-bond acceptors (Lipinski definition) is 8. The van der Waals surface area contributed by atoms with Gasteiger partial charge >= 0.3 is 5.97 Å². The average Bonchev–Trinajstić information content (AvgIpc) is 3.33. The van der Waals surface area contributed by atoms with Gasteiger partial charge in [0.25, 0.3) is 11.8 Å². The quantitative estimate of drug-likeness (QED) is 0.284. The van der Waals surface area contributed by atoms with Crippen molar-refractivity contribution in [3.8, 4) is 6.07 Å². The number of nitrogens with one attached hydrogen (secondary N) is 1. The number of nitrogens with zero attached hydrogens (tertiary/aromatic N) is 4. The second-order valence-corrected chi connectivity index (χ2v) is 10.5.